The fourth-order valence-corrected chi connectivity index (χ4v) is 1.25. The first-order chi connectivity index (χ1) is 7.41. The van der Waals surface area contributed by atoms with E-state index in [4.69, 9.17) is 9.66 Å². The highest BCUT2D eigenvalue weighted by Gasteiger charge is 2.06. The molecule has 6 heteroatoms. The second-order valence-electron chi connectivity index (χ2n) is 3.05. The topological polar surface area (TPSA) is 74.6 Å². The zero-order valence-corrected chi connectivity index (χ0v) is 9.74. The van der Waals surface area contributed by atoms with Crippen molar-refractivity contribution < 1.29 is 22.5 Å². The lowest BCUT2D eigenvalue weighted by molar-refractivity contribution is 0.269. The molecule has 0 bridgehead atoms. The minimum absolute atomic E-state index is 0.0312. The molecule has 0 saturated carbocycles. The molecule has 0 amide bonds. The van der Waals surface area contributed by atoms with Crippen molar-refractivity contribution >= 4 is 10.1 Å². The summed E-state index contributed by atoms with van der Waals surface area (Å²) in [6.45, 7) is 1.40. The minimum Gasteiger partial charge on any atom is -0.396 e. The van der Waals surface area contributed by atoms with Gasteiger partial charge in [-0.25, -0.2) is 0 Å². The number of aliphatic hydroxyl groups is 1. The maximum Gasteiger partial charge on any atom is 0.294 e. The van der Waals surface area contributed by atoms with Crippen LogP contribution in [-0.2, 0) is 10.1 Å². The molecule has 0 saturated heterocycles. The quantitative estimate of drug-likeness (QED) is 0.799. The van der Waals surface area contributed by atoms with Gasteiger partial charge in [0.05, 0.1) is 11.6 Å². The number of aliphatic hydroxyl groups excluding tert-OH is 1. The number of rotatable bonds is 3. The van der Waals surface area contributed by atoms with Gasteiger partial charge in [0.15, 0.2) is 0 Å². The molecule has 0 aromatic heterocycles. The fraction of sp³-hybridized carbons (Fsp3) is 0.400. The summed E-state index contributed by atoms with van der Waals surface area (Å²) in [5.41, 5.74) is 0.956. The summed E-state index contributed by atoms with van der Waals surface area (Å²) in [6, 6.07) is 5.99. The van der Waals surface area contributed by atoms with Crippen molar-refractivity contribution in [3.8, 4) is 0 Å². The lowest BCUT2D eigenvalue weighted by atomic mass is 10.2. The first kappa shape index (κ1) is 15.0. The fourth-order valence-electron chi connectivity index (χ4n) is 0.770. The van der Waals surface area contributed by atoms with Crippen LogP contribution in [-0.4, -0.2) is 31.4 Å². The number of alkyl halides is 1. The van der Waals surface area contributed by atoms with Gasteiger partial charge in [-0.1, -0.05) is 17.7 Å². The predicted octanol–water partition coefficient (Wildman–Crippen LogP) is 1.58. The van der Waals surface area contributed by atoms with E-state index >= 15 is 0 Å². The number of aryl methyl sites for hydroxylation is 1. The average Bonchev–Trinajstić information content (AvgIpc) is 2.19. The van der Waals surface area contributed by atoms with E-state index < -0.39 is 16.8 Å². The summed E-state index contributed by atoms with van der Waals surface area (Å²) in [5, 5.41) is 7.83. The second kappa shape index (κ2) is 7.32. The van der Waals surface area contributed by atoms with Crippen molar-refractivity contribution in [1.29, 1.82) is 0 Å². The molecule has 1 rings (SSSR count). The van der Waals surface area contributed by atoms with E-state index in [0.29, 0.717) is 0 Å². The minimum atomic E-state index is -4.02. The van der Waals surface area contributed by atoms with Crippen LogP contribution in [0.15, 0.2) is 29.2 Å². The molecule has 1 aromatic rings. The van der Waals surface area contributed by atoms with Gasteiger partial charge in [-0.2, -0.15) is 8.42 Å². The van der Waals surface area contributed by atoms with Gasteiger partial charge in [-0.3, -0.25) is 8.94 Å². The van der Waals surface area contributed by atoms with E-state index in [1.54, 1.807) is 12.1 Å². The third-order valence-corrected chi connectivity index (χ3v) is 2.48. The summed E-state index contributed by atoms with van der Waals surface area (Å²) in [6.07, 6.45) is 0.278. The van der Waals surface area contributed by atoms with Crippen molar-refractivity contribution in [3.63, 3.8) is 0 Å². The molecule has 0 aliphatic heterocycles. The number of benzene rings is 1. The molecule has 0 radical (unpaired) electrons. The van der Waals surface area contributed by atoms with E-state index in [9.17, 15) is 12.8 Å². The monoisotopic (exact) mass is 250 g/mol. The van der Waals surface area contributed by atoms with Crippen molar-refractivity contribution in [2.75, 3.05) is 13.3 Å². The number of halogens is 1. The van der Waals surface area contributed by atoms with Gasteiger partial charge >= 0.3 is 0 Å². The van der Waals surface area contributed by atoms with Gasteiger partial charge in [0.25, 0.3) is 10.1 Å². The molecule has 0 aliphatic rings. The van der Waals surface area contributed by atoms with Crippen LogP contribution in [0.3, 0.4) is 0 Å². The molecule has 0 aliphatic carbocycles. The molecule has 0 fully saturated rings. The number of hydrogen-bond donors (Lipinski definition) is 2. The van der Waals surface area contributed by atoms with Crippen molar-refractivity contribution in [3.05, 3.63) is 29.8 Å². The Morgan fingerprint density at radius 1 is 1.25 bits per heavy atom. The highest BCUT2D eigenvalue weighted by atomic mass is 32.2. The highest BCUT2D eigenvalue weighted by molar-refractivity contribution is 7.85. The molecule has 0 atom stereocenters. The van der Waals surface area contributed by atoms with Crippen LogP contribution in [0, 0.1) is 6.92 Å². The van der Waals surface area contributed by atoms with Gasteiger partial charge < -0.3 is 5.11 Å². The van der Waals surface area contributed by atoms with E-state index in [0.717, 1.165) is 5.56 Å². The second-order valence-corrected chi connectivity index (χ2v) is 4.48. The maximum atomic E-state index is 10.8. The third-order valence-electron chi connectivity index (χ3n) is 1.61. The van der Waals surface area contributed by atoms with Gasteiger partial charge in [0, 0.05) is 6.61 Å². The summed E-state index contributed by atoms with van der Waals surface area (Å²) in [4.78, 5) is -0.0666. The molecule has 2 N–H and O–H groups in total. The van der Waals surface area contributed by atoms with Gasteiger partial charge in [-0.05, 0) is 25.5 Å². The third kappa shape index (κ3) is 6.49. The Balaban J connectivity index is 0.000000385. The maximum absolute atomic E-state index is 10.8. The molecule has 0 unspecified atom stereocenters. The van der Waals surface area contributed by atoms with Crippen LogP contribution < -0.4 is 0 Å². The SMILES string of the molecule is Cc1ccc(S(=O)(=O)O)cc1.OCCCF. The zero-order valence-electron chi connectivity index (χ0n) is 8.93. The van der Waals surface area contributed by atoms with Crippen LogP contribution in [0.5, 0.6) is 0 Å². The highest BCUT2D eigenvalue weighted by Crippen LogP contribution is 2.08. The van der Waals surface area contributed by atoms with Crippen LogP contribution in [0.2, 0.25) is 0 Å². The van der Waals surface area contributed by atoms with E-state index in [-0.39, 0.29) is 17.9 Å². The van der Waals surface area contributed by atoms with Crippen molar-refractivity contribution in [2.45, 2.75) is 18.2 Å². The normalized spacial score (nSPS) is 10.5. The summed E-state index contributed by atoms with van der Waals surface area (Å²) >= 11 is 0. The van der Waals surface area contributed by atoms with E-state index in [1.165, 1.54) is 12.1 Å². The molecule has 0 spiro atoms. The summed E-state index contributed by atoms with van der Waals surface area (Å²) < 4.78 is 40.4. The Bertz CT molecular complexity index is 384. The average molecular weight is 250 g/mol. The van der Waals surface area contributed by atoms with Crippen LogP contribution in [0.25, 0.3) is 0 Å². The Labute approximate surface area is 94.5 Å². The largest absolute Gasteiger partial charge is 0.396 e. The van der Waals surface area contributed by atoms with Crippen molar-refractivity contribution in [1.82, 2.24) is 0 Å². The summed E-state index contributed by atoms with van der Waals surface area (Å²) in [5.74, 6) is 0. The lowest BCUT2D eigenvalue weighted by Gasteiger charge is -1.95. The van der Waals surface area contributed by atoms with Crippen molar-refractivity contribution in [2.24, 2.45) is 0 Å². The zero-order chi connectivity index (χ0) is 12.6. The van der Waals surface area contributed by atoms with E-state index in [2.05, 4.69) is 0 Å². The first-order valence-electron chi connectivity index (χ1n) is 4.62. The first-order valence-corrected chi connectivity index (χ1v) is 6.06. The Hall–Kier alpha value is -0.980. The standard InChI is InChI=1S/C7H8O3S.C3H7FO/c1-6-2-4-7(5-3-6)11(8,9)10;4-2-1-3-5/h2-5H,1H3,(H,8,9,10);5H,1-3H2. The molecule has 4 nitrogen and oxygen atoms in total. The summed E-state index contributed by atoms with van der Waals surface area (Å²) in [7, 11) is -4.02. The molecule has 0 heterocycles. The Morgan fingerprint density at radius 2 is 1.75 bits per heavy atom. The molecular weight excluding hydrogens is 235 g/mol. The van der Waals surface area contributed by atoms with Crippen LogP contribution in [0.4, 0.5) is 4.39 Å². The smallest absolute Gasteiger partial charge is 0.294 e. The Kier molecular flexibility index (Phi) is 6.87. The number of hydrogen-bond acceptors (Lipinski definition) is 3. The van der Waals surface area contributed by atoms with Crippen LogP contribution in [0.1, 0.15) is 12.0 Å². The van der Waals surface area contributed by atoms with Gasteiger partial charge in [0.2, 0.25) is 0 Å². The lowest BCUT2D eigenvalue weighted by Crippen LogP contribution is -1.96. The molecule has 92 valence electrons. The predicted molar refractivity (Wildman–Crippen MR) is 58.7 cm³/mol. The van der Waals surface area contributed by atoms with Crippen LogP contribution >= 0.6 is 0 Å². The molecule has 16 heavy (non-hydrogen) atoms. The van der Waals surface area contributed by atoms with Gasteiger partial charge in [-0.15, -0.1) is 0 Å². The van der Waals surface area contributed by atoms with E-state index in [1.807, 2.05) is 6.92 Å². The van der Waals surface area contributed by atoms with Gasteiger partial charge in [0.1, 0.15) is 0 Å². The Morgan fingerprint density at radius 3 is 2.00 bits per heavy atom. The molecular formula is C10H15FO4S. The molecule has 1 aromatic carbocycles.